The second kappa shape index (κ2) is 5.29. The fourth-order valence-electron chi connectivity index (χ4n) is 2.94. The summed E-state index contributed by atoms with van der Waals surface area (Å²) in [6.07, 6.45) is 1.85. The molecule has 1 N–H and O–H groups in total. The molecule has 0 aromatic rings. The number of ether oxygens (including phenoxy) is 1. The Kier molecular flexibility index (Phi) is 4.06. The number of amides is 1. The van der Waals surface area contributed by atoms with Gasteiger partial charge in [0, 0.05) is 38.3 Å². The maximum Gasteiger partial charge on any atom is 0.410 e. The first-order valence-electron chi connectivity index (χ1n) is 7.21. The molecule has 2 fully saturated rings. The van der Waals surface area contributed by atoms with Crippen molar-refractivity contribution in [2.24, 2.45) is 0 Å². The molecule has 2 aliphatic heterocycles. The van der Waals surface area contributed by atoms with E-state index in [1.54, 1.807) is 0 Å². The molecule has 0 saturated carbocycles. The minimum absolute atomic E-state index is 0.175. The number of rotatable bonds is 0. The quantitative estimate of drug-likeness (QED) is 0.720. The van der Waals surface area contributed by atoms with Gasteiger partial charge in [-0.2, -0.15) is 0 Å². The average molecular weight is 269 g/mol. The molecule has 0 aromatic carbocycles. The van der Waals surface area contributed by atoms with E-state index < -0.39 is 5.60 Å². The molecule has 2 rings (SSSR count). The molecule has 2 aliphatic rings. The molecule has 0 atom stereocenters. The van der Waals surface area contributed by atoms with E-state index in [4.69, 9.17) is 4.74 Å². The molecule has 5 nitrogen and oxygen atoms in total. The third-order valence-corrected chi connectivity index (χ3v) is 3.94. The fraction of sp³-hybridized carbons (Fsp3) is 0.929. The van der Waals surface area contributed by atoms with Crippen LogP contribution in [0, 0.1) is 0 Å². The van der Waals surface area contributed by atoms with Gasteiger partial charge in [0.25, 0.3) is 0 Å². The van der Waals surface area contributed by atoms with Gasteiger partial charge >= 0.3 is 6.09 Å². The molecule has 0 aromatic heterocycles. The van der Waals surface area contributed by atoms with Crippen molar-refractivity contribution in [1.29, 1.82) is 0 Å². The van der Waals surface area contributed by atoms with E-state index in [-0.39, 0.29) is 11.6 Å². The first kappa shape index (κ1) is 14.6. The van der Waals surface area contributed by atoms with Crippen LogP contribution in [0.25, 0.3) is 0 Å². The van der Waals surface area contributed by atoms with E-state index in [0.717, 1.165) is 45.6 Å². The summed E-state index contributed by atoms with van der Waals surface area (Å²) in [5.41, 5.74) is -0.207. The van der Waals surface area contributed by atoms with Gasteiger partial charge in [-0.05, 0) is 40.7 Å². The molecule has 0 aliphatic carbocycles. The standard InChI is InChI=1S/C14H27N3O2/c1-13(2,3)19-12(18)17-8-5-14(6-9-17)11-16(4)10-7-15-14/h15H,5-11H2,1-4H3. The highest BCUT2D eigenvalue weighted by Crippen LogP contribution is 2.26. The van der Waals surface area contributed by atoms with Crippen LogP contribution in [0.2, 0.25) is 0 Å². The molecular weight excluding hydrogens is 242 g/mol. The van der Waals surface area contributed by atoms with Gasteiger partial charge in [-0.15, -0.1) is 0 Å². The lowest BCUT2D eigenvalue weighted by Crippen LogP contribution is -2.63. The number of carbonyl (C=O) groups is 1. The zero-order chi connectivity index (χ0) is 14.1. The first-order valence-corrected chi connectivity index (χ1v) is 7.21. The van der Waals surface area contributed by atoms with Gasteiger partial charge < -0.3 is 19.9 Å². The van der Waals surface area contributed by atoms with Gasteiger partial charge in [0.1, 0.15) is 5.60 Å². The number of nitrogens with one attached hydrogen (secondary N) is 1. The Morgan fingerprint density at radius 1 is 1.21 bits per heavy atom. The molecule has 0 radical (unpaired) electrons. The number of piperidine rings is 1. The van der Waals surface area contributed by atoms with Gasteiger partial charge in [0.2, 0.25) is 0 Å². The van der Waals surface area contributed by atoms with Crippen molar-refractivity contribution >= 4 is 6.09 Å². The summed E-state index contributed by atoms with van der Waals surface area (Å²) >= 11 is 0. The Labute approximate surface area is 116 Å². The lowest BCUT2D eigenvalue weighted by molar-refractivity contribution is 0.00939. The molecule has 2 heterocycles. The van der Waals surface area contributed by atoms with Crippen LogP contribution in [0.4, 0.5) is 4.79 Å². The number of carbonyl (C=O) groups excluding carboxylic acids is 1. The molecular formula is C14H27N3O2. The summed E-state index contributed by atoms with van der Waals surface area (Å²) in [7, 11) is 2.17. The molecule has 1 spiro atoms. The number of likely N-dealkylation sites (N-methyl/N-ethyl adjacent to an activating group) is 1. The summed E-state index contributed by atoms with van der Waals surface area (Å²) in [5, 5.41) is 3.65. The van der Waals surface area contributed by atoms with Gasteiger partial charge in [-0.25, -0.2) is 4.79 Å². The Hall–Kier alpha value is -0.810. The highest BCUT2D eigenvalue weighted by Gasteiger charge is 2.39. The number of likely N-dealkylation sites (tertiary alicyclic amines) is 1. The van der Waals surface area contributed by atoms with Crippen LogP contribution in [-0.4, -0.2) is 66.8 Å². The second-order valence-electron chi connectivity index (χ2n) is 6.91. The summed E-state index contributed by atoms with van der Waals surface area (Å²) in [6.45, 7) is 10.5. The van der Waals surface area contributed by atoms with Crippen LogP contribution in [0.3, 0.4) is 0 Å². The third kappa shape index (κ3) is 3.83. The monoisotopic (exact) mass is 269 g/mol. The zero-order valence-electron chi connectivity index (χ0n) is 12.7. The Morgan fingerprint density at radius 3 is 2.37 bits per heavy atom. The lowest BCUT2D eigenvalue weighted by atomic mass is 9.85. The number of hydrogen-bond acceptors (Lipinski definition) is 4. The average Bonchev–Trinajstić information content (AvgIpc) is 2.27. The molecule has 19 heavy (non-hydrogen) atoms. The lowest BCUT2D eigenvalue weighted by Gasteiger charge is -2.47. The molecule has 110 valence electrons. The highest BCUT2D eigenvalue weighted by atomic mass is 16.6. The zero-order valence-corrected chi connectivity index (χ0v) is 12.7. The van der Waals surface area contributed by atoms with E-state index in [9.17, 15) is 4.79 Å². The highest BCUT2D eigenvalue weighted by molar-refractivity contribution is 5.68. The van der Waals surface area contributed by atoms with Crippen molar-refractivity contribution in [1.82, 2.24) is 15.1 Å². The third-order valence-electron chi connectivity index (χ3n) is 3.94. The van der Waals surface area contributed by atoms with Crippen molar-refractivity contribution in [3.63, 3.8) is 0 Å². The summed E-state index contributed by atoms with van der Waals surface area (Å²) < 4.78 is 5.43. The maximum absolute atomic E-state index is 12.0. The molecule has 2 saturated heterocycles. The van der Waals surface area contributed by atoms with E-state index in [1.807, 2.05) is 25.7 Å². The number of nitrogens with zero attached hydrogens (tertiary/aromatic N) is 2. The SMILES string of the molecule is CN1CCNC2(CCN(C(=O)OC(C)(C)C)CC2)C1. The van der Waals surface area contributed by atoms with Gasteiger partial charge in [-0.1, -0.05) is 0 Å². The summed E-state index contributed by atoms with van der Waals surface area (Å²) in [6, 6.07) is 0. The van der Waals surface area contributed by atoms with Crippen LogP contribution in [0.5, 0.6) is 0 Å². The Morgan fingerprint density at radius 2 is 1.84 bits per heavy atom. The van der Waals surface area contributed by atoms with Gasteiger partial charge in [-0.3, -0.25) is 0 Å². The van der Waals surface area contributed by atoms with Crippen LogP contribution in [-0.2, 0) is 4.74 Å². The molecule has 0 unspecified atom stereocenters. The van der Waals surface area contributed by atoms with Gasteiger partial charge in [0.05, 0.1) is 0 Å². The van der Waals surface area contributed by atoms with Gasteiger partial charge in [0.15, 0.2) is 0 Å². The Balaban J connectivity index is 1.87. The van der Waals surface area contributed by atoms with Crippen molar-refractivity contribution in [2.75, 3.05) is 39.8 Å². The summed E-state index contributed by atoms with van der Waals surface area (Å²) in [4.78, 5) is 16.2. The minimum atomic E-state index is -0.407. The summed E-state index contributed by atoms with van der Waals surface area (Å²) in [5.74, 6) is 0. The van der Waals surface area contributed by atoms with Crippen LogP contribution in [0.1, 0.15) is 33.6 Å². The van der Waals surface area contributed by atoms with Crippen molar-refractivity contribution in [2.45, 2.75) is 44.8 Å². The normalized spacial score (nSPS) is 24.5. The number of piperazine rings is 1. The van der Waals surface area contributed by atoms with E-state index in [0.29, 0.717) is 0 Å². The Bertz CT molecular complexity index is 330. The predicted octanol–water partition coefficient (Wildman–Crippen LogP) is 1.29. The predicted molar refractivity (Wildman–Crippen MR) is 75.3 cm³/mol. The topological polar surface area (TPSA) is 44.8 Å². The smallest absolute Gasteiger partial charge is 0.410 e. The molecule has 0 bridgehead atoms. The molecule has 1 amide bonds. The van der Waals surface area contributed by atoms with Crippen LogP contribution < -0.4 is 5.32 Å². The largest absolute Gasteiger partial charge is 0.444 e. The van der Waals surface area contributed by atoms with Crippen LogP contribution in [0.15, 0.2) is 0 Å². The van der Waals surface area contributed by atoms with E-state index in [1.165, 1.54) is 0 Å². The van der Waals surface area contributed by atoms with Crippen molar-refractivity contribution in [3.8, 4) is 0 Å². The molecule has 5 heteroatoms. The van der Waals surface area contributed by atoms with E-state index in [2.05, 4.69) is 17.3 Å². The van der Waals surface area contributed by atoms with Crippen molar-refractivity contribution in [3.05, 3.63) is 0 Å². The van der Waals surface area contributed by atoms with Crippen LogP contribution >= 0.6 is 0 Å². The number of hydrogen-bond donors (Lipinski definition) is 1. The maximum atomic E-state index is 12.0. The second-order valence-corrected chi connectivity index (χ2v) is 6.91. The minimum Gasteiger partial charge on any atom is -0.444 e. The fourth-order valence-corrected chi connectivity index (χ4v) is 2.94. The first-order chi connectivity index (χ1) is 8.80. The van der Waals surface area contributed by atoms with E-state index >= 15 is 0 Å². The van der Waals surface area contributed by atoms with Crippen molar-refractivity contribution < 1.29 is 9.53 Å².